The Morgan fingerprint density at radius 2 is 0.899 bits per heavy atom. The van der Waals surface area contributed by atoms with Crippen LogP contribution in [0.4, 0.5) is 11.4 Å². The standard InChI is InChI=1S/C26H31BrN5O6P.C20H19BrN4O3.C19H16BrN5O2.C19H17BrN2O3/c1-35-24(33)8-7-23-26(38-39(34,31-10-14-36-15-11-31)32-12-16-37-17-13-32)30-21-6-5-19(27)18-20(21)25(29-23)22-4-2-3-9-28-22;1-28-19(27)8-7-16-18(11-22-12-26)24-15-6-5-13(21)10-14(15)20(25-16)17-4-2-3-9-23-17;1-27-17(26)8-6-15-19-24-22-11-25(19)16-7-5-12(20)10-13(16)18(23-15)14-4-2-3-9-21-14;1-25-18(24)8-7-15-17(23)10-12-5-6-13(20)11-14(12)19(22-15)16-4-2-3-9-21-16/h2-6,9,18,23H,7-8,10-17H2,1H3;2-6,9-10,12,16H,7-8,11H2,1H3,(H,22,26);2-5,7,9-11,15H,6,8H2,1H3;2-6,9,11,15H,7-8,10H2,1H3/t23-;16-;2*15-/m0000/s1. The lowest BCUT2D eigenvalue weighted by molar-refractivity contribution is -0.141. The van der Waals surface area contributed by atoms with Crippen molar-refractivity contribution >= 4 is 153 Å². The number of methoxy groups -OCH3 is 4. The molecule has 119 heavy (non-hydrogen) atoms. The van der Waals surface area contributed by atoms with Gasteiger partial charge < -0.3 is 38.3 Å². The highest BCUT2D eigenvalue weighted by Gasteiger charge is 2.45. The molecule has 15 rings (SSSR count). The van der Waals surface area contributed by atoms with Crippen LogP contribution in [-0.4, -0.2) is 220 Å². The number of aliphatic imine (C=N–C) groups is 6. The van der Waals surface area contributed by atoms with Crippen LogP contribution in [0.25, 0.3) is 5.69 Å². The highest BCUT2D eigenvalue weighted by molar-refractivity contribution is 9.11. The van der Waals surface area contributed by atoms with Crippen molar-refractivity contribution in [2.75, 3.05) is 87.6 Å². The van der Waals surface area contributed by atoms with Crippen molar-refractivity contribution in [3.63, 3.8) is 0 Å². The van der Waals surface area contributed by atoms with Crippen LogP contribution >= 0.6 is 71.4 Å². The average Bonchev–Trinajstić information content (AvgIpc) is 1.74. The summed E-state index contributed by atoms with van der Waals surface area (Å²) in [5.74, 6) is -0.437. The van der Waals surface area contributed by atoms with E-state index in [1.807, 2.05) is 160 Å². The Morgan fingerprint density at radius 1 is 0.496 bits per heavy atom. The van der Waals surface area contributed by atoms with Gasteiger partial charge in [0.1, 0.15) is 24.5 Å². The molecule has 1 N–H and O–H groups in total. The molecule has 5 aromatic heterocycles. The van der Waals surface area contributed by atoms with E-state index in [9.17, 15) is 33.3 Å². The topological polar surface area (TPSA) is 359 Å². The number of hydrogen-bond acceptors (Lipinski definition) is 26. The number of halogens is 4. The molecule has 0 aliphatic carbocycles. The van der Waals surface area contributed by atoms with Gasteiger partial charge in [0.15, 0.2) is 11.6 Å². The number of ketones is 1. The van der Waals surface area contributed by atoms with Gasteiger partial charge in [-0.2, -0.15) is 0 Å². The molecule has 0 bridgehead atoms. The van der Waals surface area contributed by atoms with Gasteiger partial charge in [-0.25, -0.2) is 18.9 Å². The number of morpholine rings is 2. The van der Waals surface area contributed by atoms with Crippen LogP contribution in [0.2, 0.25) is 0 Å². The van der Waals surface area contributed by atoms with Crippen LogP contribution in [0, 0.1) is 0 Å². The number of fused-ring (bicyclic) bond motifs is 6. The first-order chi connectivity index (χ1) is 57.8. The van der Waals surface area contributed by atoms with E-state index in [0.717, 1.165) is 68.5 Å². The smallest absolute Gasteiger partial charge is 0.397 e. The molecular weight excluding hydrogens is 1810 g/mol. The summed E-state index contributed by atoms with van der Waals surface area (Å²) in [6, 6.07) is 43.7. The van der Waals surface area contributed by atoms with E-state index in [1.54, 1.807) is 31.1 Å². The number of amides is 1. The molecule has 6 aliphatic heterocycles. The molecular formula is C84H83Br4N16O14P. The Labute approximate surface area is 720 Å². The minimum absolute atomic E-state index is 0.00148. The van der Waals surface area contributed by atoms with Crippen LogP contribution < -0.4 is 5.32 Å². The quantitative estimate of drug-likeness (QED) is 0.0285. The number of carbonyl (C=O) groups is 6. The monoisotopic (exact) mass is 1890 g/mol. The fourth-order valence-electron chi connectivity index (χ4n) is 13.5. The Bertz CT molecular complexity index is 5350. The van der Waals surface area contributed by atoms with Gasteiger partial charge in [-0.3, -0.25) is 78.2 Å². The molecule has 616 valence electrons. The predicted octanol–water partition coefficient (Wildman–Crippen LogP) is 13.1. The molecule has 4 atom stereocenters. The number of rotatable bonds is 22. The molecule has 0 unspecified atom stereocenters. The number of carbonyl (C=O) groups excluding carboxylic acids is 6. The van der Waals surface area contributed by atoms with Gasteiger partial charge in [0.2, 0.25) is 12.3 Å². The number of esters is 4. The normalized spacial score (nSPS) is 17.5. The number of benzene rings is 4. The molecule has 0 spiro atoms. The lowest BCUT2D eigenvalue weighted by atomic mass is 9.97. The first-order valence-corrected chi connectivity index (χ1v) is 42.7. The van der Waals surface area contributed by atoms with Crippen molar-refractivity contribution in [3.05, 3.63) is 251 Å². The summed E-state index contributed by atoms with van der Waals surface area (Å²) in [5, 5.41) is 11.0. The highest BCUT2D eigenvalue weighted by atomic mass is 79.9. The maximum atomic E-state index is 14.8. The van der Waals surface area contributed by atoms with Crippen molar-refractivity contribution in [3.8, 4) is 5.69 Å². The fourth-order valence-corrected chi connectivity index (χ4v) is 17.3. The number of ether oxygens (including phenoxy) is 6. The molecule has 9 aromatic rings. The van der Waals surface area contributed by atoms with E-state index >= 15 is 0 Å². The van der Waals surface area contributed by atoms with Crippen molar-refractivity contribution < 1.29 is 66.3 Å². The molecule has 2 fully saturated rings. The second-order valence-corrected chi connectivity index (χ2v) is 33.0. The molecule has 6 aliphatic rings. The lowest BCUT2D eigenvalue weighted by Crippen LogP contribution is -2.44. The SMILES string of the molecule is COC(=O)CC[C@@H]1N=C(c2ccccn2)c2cc(Br)ccc2-n2cnnc21.COC(=O)CC[C@@H]1N=C(c2ccccn2)c2cc(Br)ccc2CC1=O.COC(=O)CC[C@@H]1N=C(c2ccccn2)c2cc(Br)ccc2N=C1CNC=O.COC(=O)CC[C@@H]1N=C(c2ccccn2)c2cc(Br)ccc2N=C1OP(=O)(N1CCOCC1)N1CCOCC1. The van der Waals surface area contributed by atoms with E-state index in [0.29, 0.717) is 130 Å². The molecule has 35 heteroatoms. The van der Waals surface area contributed by atoms with Crippen molar-refractivity contribution in [1.82, 2.24) is 49.4 Å². The minimum atomic E-state index is -3.60. The number of nitrogens with zero attached hydrogens (tertiary/aromatic N) is 15. The van der Waals surface area contributed by atoms with Gasteiger partial charge in [0.25, 0.3) is 0 Å². The zero-order valence-electron chi connectivity index (χ0n) is 65.2. The molecule has 0 radical (unpaired) electrons. The number of pyridine rings is 4. The van der Waals surface area contributed by atoms with Gasteiger partial charge in [-0.15, -0.1) is 10.2 Å². The van der Waals surface area contributed by atoms with Gasteiger partial charge >= 0.3 is 31.5 Å². The third-order valence-electron chi connectivity index (χ3n) is 19.4. The molecule has 2 saturated heterocycles. The Balaban J connectivity index is 0.000000148. The van der Waals surface area contributed by atoms with Crippen molar-refractivity contribution in [2.24, 2.45) is 30.0 Å². The highest BCUT2D eigenvalue weighted by Crippen LogP contribution is 2.56. The molecule has 1 amide bonds. The number of hydrogen-bond donors (Lipinski definition) is 1. The number of nitrogens with one attached hydrogen (secondary N) is 1. The second-order valence-electron chi connectivity index (χ2n) is 27.0. The van der Waals surface area contributed by atoms with Crippen molar-refractivity contribution in [1.29, 1.82) is 0 Å². The second kappa shape index (κ2) is 42.9. The first-order valence-electron chi connectivity index (χ1n) is 38.0. The molecule has 11 heterocycles. The van der Waals surface area contributed by atoms with E-state index < -0.39 is 25.8 Å². The summed E-state index contributed by atoms with van der Waals surface area (Å²) in [5.41, 5.74) is 12.8. The van der Waals surface area contributed by atoms with E-state index in [-0.39, 0.29) is 86.7 Å². The summed E-state index contributed by atoms with van der Waals surface area (Å²) in [7, 11) is 1.83. The van der Waals surface area contributed by atoms with Crippen LogP contribution in [0.1, 0.15) is 114 Å². The Morgan fingerprint density at radius 3 is 1.38 bits per heavy atom. The summed E-state index contributed by atoms with van der Waals surface area (Å²) >= 11 is 14.1. The predicted molar refractivity (Wildman–Crippen MR) is 461 cm³/mol. The fraction of sp³-hybridized carbons (Fsp3) is 0.310. The molecule has 30 nitrogen and oxygen atoms in total. The zero-order chi connectivity index (χ0) is 83.8. The summed E-state index contributed by atoms with van der Waals surface area (Å²) < 4.78 is 60.8. The van der Waals surface area contributed by atoms with E-state index in [4.69, 9.17) is 58.2 Å². The summed E-state index contributed by atoms with van der Waals surface area (Å²) in [6.07, 6.45) is 11.6. The van der Waals surface area contributed by atoms with Gasteiger partial charge in [0, 0.05) is 123 Å². The van der Waals surface area contributed by atoms with Gasteiger partial charge in [-0.05, 0) is 147 Å². The number of Topliss-reactive ketones (excluding diaryl/α,β-unsaturated/α-hetero) is 1. The Hall–Kier alpha value is -10.6. The van der Waals surface area contributed by atoms with E-state index in [2.05, 4.69) is 104 Å². The lowest BCUT2D eigenvalue weighted by Gasteiger charge is -2.41. The van der Waals surface area contributed by atoms with Crippen LogP contribution in [0.5, 0.6) is 0 Å². The average molecular weight is 1890 g/mol. The van der Waals surface area contributed by atoms with Gasteiger partial charge in [0.05, 0.1) is 136 Å². The summed E-state index contributed by atoms with van der Waals surface area (Å²) in [6.45, 7) is 3.89. The summed E-state index contributed by atoms with van der Waals surface area (Å²) in [4.78, 5) is 118. The van der Waals surface area contributed by atoms with E-state index in [1.165, 1.54) is 28.4 Å². The number of aromatic nitrogens is 7. The van der Waals surface area contributed by atoms with Crippen LogP contribution in [-0.2, 0) is 72.7 Å². The minimum Gasteiger partial charge on any atom is -0.469 e. The zero-order valence-corrected chi connectivity index (χ0v) is 72.5. The molecule has 4 aromatic carbocycles. The van der Waals surface area contributed by atoms with Crippen LogP contribution in [0.15, 0.2) is 225 Å². The maximum Gasteiger partial charge on any atom is 0.397 e. The van der Waals surface area contributed by atoms with Gasteiger partial charge in [-0.1, -0.05) is 94.1 Å². The third kappa shape index (κ3) is 22.9. The first kappa shape index (κ1) is 87.8. The molecule has 0 saturated carbocycles. The third-order valence-corrected chi connectivity index (χ3v) is 24.1. The van der Waals surface area contributed by atoms with Crippen LogP contribution in [0.3, 0.4) is 0 Å². The maximum absolute atomic E-state index is 14.8. The Kier molecular flexibility index (Phi) is 31.6. The largest absolute Gasteiger partial charge is 0.469 e. The van der Waals surface area contributed by atoms with Crippen molar-refractivity contribution in [2.45, 2.75) is 82.0 Å².